The van der Waals surface area contributed by atoms with Gasteiger partial charge in [-0.3, -0.25) is 9.78 Å². The number of rotatable bonds is 6. The maximum absolute atomic E-state index is 10.8. The van der Waals surface area contributed by atoms with Crippen LogP contribution in [0.3, 0.4) is 0 Å². The van der Waals surface area contributed by atoms with Gasteiger partial charge in [0.25, 0.3) is 0 Å². The molecule has 104 valence electrons. The van der Waals surface area contributed by atoms with Crippen molar-refractivity contribution in [3.8, 4) is 11.5 Å². The highest BCUT2D eigenvalue weighted by molar-refractivity contribution is 9.10. The summed E-state index contributed by atoms with van der Waals surface area (Å²) in [5.41, 5.74) is 1.69. The maximum atomic E-state index is 10.8. The lowest BCUT2D eigenvalue weighted by Crippen LogP contribution is -2.04. The lowest BCUT2D eigenvalue weighted by atomic mass is 10.2. The van der Waals surface area contributed by atoms with E-state index in [4.69, 9.17) is 9.47 Å². The van der Waals surface area contributed by atoms with Crippen LogP contribution in [-0.2, 0) is 6.42 Å². The van der Waals surface area contributed by atoms with Gasteiger partial charge in [0, 0.05) is 24.4 Å². The molecule has 1 heterocycles. The number of methoxy groups -OCH3 is 1. The second kappa shape index (κ2) is 7.05. The molecular formula is C15H14BrNO3. The molecule has 2 rings (SSSR count). The molecular weight excluding hydrogens is 322 g/mol. The summed E-state index contributed by atoms with van der Waals surface area (Å²) in [4.78, 5) is 14.8. The molecule has 0 atom stereocenters. The minimum atomic E-state index is 0.513. The zero-order chi connectivity index (χ0) is 14.4. The van der Waals surface area contributed by atoms with E-state index >= 15 is 0 Å². The van der Waals surface area contributed by atoms with Gasteiger partial charge in [0.2, 0.25) is 0 Å². The second-order valence-corrected chi connectivity index (χ2v) is 4.96. The number of aldehydes is 1. The van der Waals surface area contributed by atoms with Crippen LogP contribution in [0.4, 0.5) is 0 Å². The van der Waals surface area contributed by atoms with Crippen LogP contribution in [0.1, 0.15) is 15.9 Å². The van der Waals surface area contributed by atoms with E-state index in [9.17, 15) is 4.79 Å². The summed E-state index contributed by atoms with van der Waals surface area (Å²) < 4.78 is 11.7. The molecule has 0 bridgehead atoms. The Bertz CT molecular complexity index is 587. The molecule has 0 saturated carbocycles. The molecule has 1 aromatic heterocycles. The Kier molecular flexibility index (Phi) is 5.12. The average molecular weight is 336 g/mol. The van der Waals surface area contributed by atoms with Crippen molar-refractivity contribution in [2.24, 2.45) is 0 Å². The normalized spacial score (nSPS) is 10.1. The van der Waals surface area contributed by atoms with Crippen LogP contribution in [0, 0.1) is 0 Å². The summed E-state index contributed by atoms with van der Waals surface area (Å²) in [5.74, 6) is 1.14. The molecule has 0 N–H and O–H groups in total. The Morgan fingerprint density at radius 3 is 2.70 bits per heavy atom. The van der Waals surface area contributed by atoms with Crippen molar-refractivity contribution in [1.82, 2.24) is 4.98 Å². The van der Waals surface area contributed by atoms with Crippen molar-refractivity contribution in [3.63, 3.8) is 0 Å². The number of halogens is 1. The van der Waals surface area contributed by atoms with Gasteiger partial charge in [0.1, 0.15) is 6.29 Å². The van der Waals surface area contributed by atoms with Gasteiger partial charge in [-0.25, -0.2) is 0 Å². The van der Waals surface area contributed by atoms with Crippen LogP contribution in [0.15, 0.2) is 41.1 Å². The van der Waals surface area contributed by atoms with Crippen LogP contribution in [0.2, 0.25) is 0 Å². The third kappa shape index (κ3) is 3.57. The van der Waals surface area contributed by atoms with Gasteiger partial charge in [-0.1, -0.05) is 0 Å². The fourth-order valence-corrected chi connectivity index (χ4v) is 2.34. The molecule has 1 aromatic carbocycles. The zero-order valence-electron chi connectivity index (χ0n) is 11.0. The van der Waals surface area contributed by atoms with Crippen LogP contribution in [-0.4, -0.2) is 25.0 Å². The number of ether oxygens (including phenoxy) is 2. The minimum absolute atomic E-state index is 0.513. The predicted octanol–water partition coefficient (Wildman–Crippen LogP) is 3.29. The van der Waals surface area contributed by atoms with Gasteiger partial charge in [0.05, 0.1) is 18.2 Å². The monoisotopic (exact) mass is 335 g/mol. The number of hydrogen-bond acceptors (Lipinski definition) is 4. The van der Waals surface area contributed by atoms with E-state index in [1.54, 1.807) is 31.6 Å². The number of aromatic nitrogens is 1. The molecule has 0 saturated heterocycles. The van der Waals surface area contributed by atoms with E-state index < -0.39 is 0 Å². The van der Waals surface area contributed by atoms with Crippen molar-refractivity contribution in [1.29, 1.82) is 0 Å². The Morgan fingerprint density at radius 2 is 2.05 bits per heavy atom. The molecule has 2 aromatic rings. The Labute approximate surface area is 125 Å². The van der Waals surface area contributed by atoms with Crippen molar-refractivity contribution >= 4 is 22.2 Å². The molecule has 20 heavy (non-hydrogen) atoms. The molecule has 0 aliphatic carbocycles. The Morgan fingerprint density at radius 1 is 1.30 bits per heavy atom. The van der Waals surface area contributed by atoms with Crippen molar-refractivity contribution in [2.75, 3.05) is 13.7 Å². The van der Waals surface area contributed by atoms with Crippen molar-refractivity contribution < 1.29 is 14.3 Å². The molecule has 0 fully saturated rings. The van der Waals surface area contributed by atoms with Gasteiger partial charge in [-0.15, -0.1) is 0 Å². The fraction of sp³-hybridized carbons (Fsp3) is 0.200. The first-order chi connectivity index (χ1) is 9.74. The highest BCUT2D eigenvalue weighted by Gasteiger charge is 2.11. The van der Waals surface area contributed by atoms with Gasteiger partial charge in [0.15, 0.2) is 11.5 Å². The van der Waals surface area contributed by atoms with E-state index in [0.717, 1.165) is 18.3 Å². The van der Waals surface area contributed by atoms with E-state index in [1.165, 1.54) is 0 Å². The molecule has 0 amide bonds. The highest BCUT2D eigenvalue weighted by Crippen LogP contribution is 2.36. The first-order valence-corrected chi connectivity index (χ1v) is 6.88. The predicted molar refractivity (Wildman–Crippen MR) is 79.5 cm³/mol. The van der Waals surface area contributed by atoms with E-state index in [1.807, 2.05) is 12.1 Å². The number of benzene rings is 1. The van der Waals surface area contributed by atoms with E-state index in [0.29, 0.717) is 28.1 Å². The first-order valence-electron chi connectivity index (χ1n) is 6.09. The number of hydrogen-bond donors (Lipinski definition) is 0. The van der Waals surface area contributed by atoms with E-state index in [-0.39, 0.29) is 0 Å². The molecule has 0 unspecified atom stereocenters. The minimum Gasteiger partial charge on any atom is -0.493 e. The zero-order valence-corrected chi connectivity index (χ0v) is 12.6. The average Bonchev–Trinajstić information content (AvgIpc) is 2.49. The Hall–Kier alpha value is -1.88. The molecule has 0 aliphatic heterocycles. The lowest BCUT2D eigenvalue weighted by Gasteiger charge is -2.13. The summed E-state index contributed by atoms with van der Waals surface area (Å²) >= 11 is 3.39. The van der Waals surface area contributed by atoms with Gasteiger partial charge in [-0.2, -0.15) is 0 Å². The third-order valence-corrected chi connectivity index (χ3v) is 3.36. The van der Waals surface area contributed by atoms with Crippen molar-refractivity contribution in [3.05, 3.63) is 52.3 Å². The summed E-state index contributed by atoms with van der Waals surface area (Å²) in [6.07, 6.45) is 5.05. The molecule has 0 aliphatic rings. The summed E-state index contributed by atoms with van der Waals surface area (Å²) in [5, 5.41) is 0. The molecule has 5 heteroatoms. The van der Waals surface area contributed by atoms with Crippen LogP contribution in [0.5, 0.6) is 11.5 Å². The highest BCUT2D eigenvalue weighted by atomic mass is 79.9. The van der Waals surface area contributed by atoms with Crippen molar-refractivity contribution in [2.45, 2.75) is 6.42 Å². The van der Waals surface area contributed by atoms with E-state index in [2.05, 4.69) is 20.9 Å². The smallest absolute Gasteiger partial charge is 0.175 e. The number of carbonyl (C=O) groups is 1. The van der Waals surface area contributed by atoms with Crippen LogP contribution < -0.4 is 9.47 Å². The molecule has 0 radical (unpaired) electrons. The van der Waals surface area contributed by atoms with Crippen LogP contribution in [0.25, 0.3) is 0 Å². The van der Waals surface area contributed by atoms with Gasteiger partial charge in [-0.05, 0) is 45.8 Å². The summed E-state index contributed by atoms with van der Waals surface area (Å²) in [6, 6.07) is 7.26. The number of pyridine rings is 1. The summed E-state index contributed by atoms with van der Waals surface area (Å²) in [7, 11) is 1.55. The summed E-state index contributed by atoms with van der Waals surface area (Å²) in [6.45, 7) is 0.513. The Balaban J connectivity index is 2.07. The lowest BCUT2D eigenvalue weighted by molar-refractivity contribution is 0.112. The molecule has 4 nitrogen and oxygen atoms in total. The largest absolute Gasteiger partial charge is 0.493 e. The molecule has 0 spiro atoms. The second-order valence-electron chi connectivity index (χ2n) is 4.11. The standard InChI is InChI=1S/C15H14BrNO3/c1-19-14-9-12(10-18)8-13(16)15(14)20-7-4-11-2-5-17-6-3-11/h2-3,5-6,8-10H,4,7H2,1H3. The number of nitrogens with zero attached hydrogens (tertiary/aromatic N) is 1. The van der Waals surface area contributed by atoms with Gasteiger partial charge < -0.3 is 9.47 Å². The topological polar surface area (TPSA) is 48.4 Å². The number of carbonyl (C=O) groups excluding carboxylic acids is 1. The first kappa shape index (κ1) is 14.5. The SMILES string of the molecule is COc1cc(C=O)cc(Br)c1OCCc1ccncc1. The maximum Gasteiger partial charge on any atom is 0.175 e. The quantitative estimate of drug-likeness (QED) is 0.760. The third-order valence-electron chi connectivity index (χ3n) is 2.77. The fourth-order valence-electron chi connectivity index (χ4n) is 1.77. The van der Waals surface area contributed by atoms with Crippen LogP contribution >= 0.6 is 15.9 Å². The van der Waals surface area contributed by atoms with Gasteiger partial charge >= 0.3 is 0 Å².